The third kappa shape index (κ3) is 11.7. The molecular formula is C52H68N6O8Si. The van der Waals surface area contributed by atoms with Gasteiger partial charge in [-0.05, 0) is 91.4 Å². The number of nitrogens with one attached hydrogen (secondary N) is 2. The topological polar surface area (TPSA) is 160 Å². The Morgan fingerprint density at radius 1 is 0.806 bits per heavy atom. The van der Waals surface area contributed by atoms with Crippen molar-refractivity contribution in [2.24, 2.45) is 0 Å². The zero-order valence-electron chi connectivity index (χ0n) is 39.9. The monoisotopic (exact) mass is 932 g/mol. The molecule has 3 aliphatic rings. The Hall–Kier alpha value is -5.80. The van der Waals surface area contributed by atoms with Crippen LogP contribution in [0, 0.1) is 6.92 Å². The summed E-state index contributed by atoms with van der Waals surface area (Å²) in [5.74, 6) is -0.977. The molecule has 2 aliphatic heterocycles. The van der Waals surface area contributed by atoms with E-state index < -0.39 is 32.4 Å². The Bertz CT molecular complexity index is 2310. The fourth-order valence-electron chi connectivity index (χ4n) is 9.44. The van der Waals surface area contributed by atoms with Gasteiger partial charge in [0.2, 0.25) is 11.8 Å². The molecule has 1 aromatic heterocycles. The summed E-state index contributed by atoms with van der Waals surface area (Å²) in [4.78, 5) is 78.2. The first-order chi connectivity index (χ1) is 32.3. The molecule has 7 rings (SSSR count). The van der Waals surface area contributed by atoms with Gasteiger partial charge in [0.15, 0.2) is 6.61 Å². The highest BCUT2D eigenvalue weighted by atomic mass is 28.4. The Balaban J connectivity index is 1.10. The van der Waals surface area contributed by atoms with Crippen molar-refractivity contribution in [2.75, 3.05) is 52.5 Å². The first-order valence-electron chi connectivity index (χ1n) is 24.2. The lowest BCUT2D eigenvalue weighted by Crippen LogP contribution is -2.66. The molecule has 0 spiro atoms. The number of aromatic nitrogens is 1. The Morgan fingerprint density at radius 3 is 2.10 bits per heavy atom. The van der Waals surface area contributed by atoms with E-state index >= 15 is 0 Å². The maximum atomic E-state index is 14.6. The van der Waals surface area contributed by atoms with Crippen LogP contribution in [0.4, 0.5) is 4.79 Å². The molecule has 67 heavy (non-hydrogen) atoms. The molecule has 15 heteroatoms. The maximum Gasteiger partial charge on any atom is 0.409 e. The number of hydrogen-bond donors (Lipinski definition) is 2. The van der Waals surface area contributed by atoms with Crippen LogP contribution < -0.4 is 25.7 Å². The normalized spacial score (nSPS) is 17.1. The van der Waals surface area contributed by atoms with E-state index in [9.17, 15) is 24.0 Å². The van der Waals surface area contributed by atoms with Crippen molar-refractivity contribution in [3.05, 3.63) is 96.2 Å². The number of likely N-dealkylation sites (tertiary alicyclic amines) is 1. The van der Waals surface area contributed by atoms with Crippen LogP contribution in [-0.2, 0) is 23.5 Å². The lowest BCUT2D eigenvalue weighted by atomic mass is 9.93. The molecule has 2 saturated heterocycles. The minimum atomic E-state index is -2.88. The van der Waals surface area contributed by atoms with Gasteiger partial charge in [0, 0.05) is 56.8 Å². The maximum absolute atomic E-state index is 14.6. The van der Waals surface area contributed by atoms with Crippen LogP contribution in [0.3, 0.4) is 0 Å². The SMILES string of the molecule is CCCCOC(=O)N1CCN(C(=O)C(CCCO[Si](c2ccccc2)(c2ccccc2)C(C)(C)C)NC(=O)c2cc(OCC(=O)N3CCCC3C(=O)NC3CCC3)c3ccc(C)cc3n2)CC1. The van der Waals surface area contributed by atoms with E-state index in [4.69, 9.17) is 18.9 Å². The molecule has 4 aromatic rings. The van der Waals surface area contributed by atoms with E-state index in [2.05, 4.69) is 55.7 Å². The summed E-state index contributed by atoms with van der Waals surface area (Å²) >= 11 is 0. The van der Waals surface area contributed by atoms with Crippen LogP contribution in [0.1, 0.15) is 102 Å². The molecule has 0 bridgehead atoms. The van der Waals surface area contributed by atoms with Gasteiger partial charge in [-0.2, -0.15) is 0 Å². The van der Waals surface area contributed by atoms with Crippen LogP contribution >= 0.6 is 0 Å². The predicted molar refractivity (Wildman–Crippen MR) is 261 cm³/mol. The first kappa shape index (κ1) is 49.1. The number of fused-ring (bicyclic) bond motifs is 1. The van der Waals surface area contributed by atoms with Gasteiger partial charge in [-0.25, -0.2) is 9.78 Å². The van der Waals surface area contributed by atoms with Crippen LogP contribution in [0.5, 0.6) is 5.75 Å². The highest BCUT2D eigenvalue weighted by Gasteiger charge is 2.50. The van der Waals surface area contributed by atoms with Gasteiger partial charge in [-0.3, -0.25) is 19.2 Å². The number of hydrogen-bond acceptors (Lipinski definition) is 9. The van der Waals surface area contributed by atoms with E-state index in [1.807, 2.05) is 68.4 Å². The number of piperazine rings is 1. The smallest absolute Gasteiger partial charge is 0.409 e. The quantitative estimate of drug-likeness (QED) is 0.0886. The summed E-state index contributed by atoms with van der Waals surface area (Å²) in [5, 5.41) is 8.78. The van der Waals surface area contributed by atoms with Crippen molar-refractivity contribution in [1.29, 1.82) is 0 Å². The van der Waals surface area contributed by atoms with Crippen LogP contribution in [-0.4, -0.2) is 128 Å². The van der Waals surface area contributed by atoms with E-state index in [0.29, 0.717) is 62.3 Å². The fraction of sp³-hybridized carbons (Fsp3) is 0.500. The summed E-state index contributed by atoms with van der Waals surface area (Å²) in [6.45, 7) is 12.6. The number of unbranched alkanes of at least 4 members (excludes halogenated alkanes) is 1. The number of benzene rings is 3. The van der Waals surface area contributed by atoms with E-state index in [1.165, 1.54) is 6.07 Å². The van der Waals surface area contributed by atoms with Crippen molar-refractivity contribution in [1.82, 2.24) is 30.3 Å². The summed E-state index contributed by atoms with van der Waals surface area (Å²) < 4.78 is 18.8. The van der Waals surface area contributed by atoms with Crippen molar-refractivity contribution in [2.45, 2.75) is 116 Å². The van der Waals surface area contributed by atoms with Crippen LogP contribution in [0.2, 0.25) is 5.04 Å². The molecule has 1 saturated carbocycles. The third-order valence-electron chi connectivity index (χ3n) is 13.4. The standard InChI is InChI=1S/C52H68N6O8Si/c1-6-7-32-64-51(63)57-30-28-56(29-31-57)50(62)42(23-16-33-66-67(52(3,4)5,39-19-10-8-11-20-39)40-21-12-9-13-22-40)55-48(60)44-35-46(41-26-25-37(2)34-43(41)54-44)65-36-47(59)58-27-15-24-45(58)49(61)53-38-17-14-18-38/h8-13,19-22,25-26,34-35,38,42,45H,6-7,14-18,23-24,27-33,36H2,1-5H3,(H,53,61)(H,55,60). The van der Waals surface area contributed by atoms with Crippen molar-refractivity contribution < 1.29 is 37.9 Å². The predicted octanol–water partition coefficient (Wildman–Crippen LogP) is 6.12. The van der Waals surface area contributed by atoms with Gasteiger partial charge >= 0.3 is 6.09 Å². The Labute approximate surface area is 396 Å². The molecule has 2 atom stereocenters. The van der Waals surface area contributed by atoms with Gasteiger partial charge in [0.25, 0.3) is 20.1 Å². The minimum Gasteiger partial charge on any atom is -0.483 e. The fourth-order valence-corrected chi connectivity index (χ4v) is 14.0. The van der Waals surface area contributed by atoms with Crippen molar-refractivity contribution in [3.63, 3.8) is 0 Å². The number of aryl methyl sites for hydroxylation is 1. The molecule has 0 radical (unpaired) electrons. The molecular weight excluding hydrogens is 865 g/mol. The second kappa shape index (κ2) is 22.3. The molecule has 3 fully saturated rings. The minimum absolute atomic E-state index is 0.0282. The summed E-state index contributed by atoms with van der Waals surface area (Å²) in [7, 11) is -2.88. The average Bonchev–Trinajstić information content (AvgIpc) is 3.82. The molecule has 3 heterocycles. The molecule has 1 aliphatic carbocycles. The van der Waals surface area contributed by atoms with Gasteiger partial charge in [-0.1, -0.05) is 101 Å². The summed E-state index contributed by atoms with van der Waals surface area (Å²) in [6, 6.07) is 26.5. The number of pyridine rings is 1. The zero-order valence-corrected chi connectivity index (χ0v) is 40.9. The number of carbonyl (C=O) groups is 5. The largest absolute Gasteiger partial charge is 0.483 e. The third-order valence-corrected chi connectivity index (χ3v) is 18.4. The Morgan fingerprint density at radius 2 is 1.48 bits per heavy atom. The van der Waals surface area contributed by atoms with Crippen molar-refractivity contribution in [3.8, 4) is 5.75 Å². The number of amides is 5. The summed E-state index contributed by atoms with van der Waals surface area (Å²) in [6.07, 6.45) is 6.37. The highest BCUT2D eigenvalue weighted by Crippen LogP contribution is 2.37. The van der Waals surface area contributed by atoms with Gasteiger partial charge in [0.05, 0.1) is 12.1 Å². The second-order valence-corrected chi connectivity index (χ2v) is 23.5. The summed E-state index contributed by atoms with van der Waals surface area (Å²) in [5.41, 5.74) is 1.44. The molecule has 2 N–H and O–H groups in total. The van der Waals surface area contributed by atoms with Crippen LogP contribution in [0.25, 0.3) is 10.9 Å². The van der Waals surface area contributed by atoms with Gasteiger partial charge in [0.1, 0.15) is 23.5 Å². The lowest BCUT2D eigenvalue weighted by Gasteiger charge is -2.43. The van der Waals surface area contributed by atoms with E-state index in [-0.39, 0.29) is 60.6 Å². The second-order valence-electron chi connectivity index (χ2n) is 19.2. The van der Waals surface area contributed by atoms with Gasteiger partial charge < -0.3 is 39.2 Å². The lowest BCUT2D eigenvalue weighted by molar-refractivity contribution is -0.140. The number of rotatable bonds is 18. The van der Waals surface area contributed by atoms with Gasteiger partial charge in [-0.15, -0.1) is 0 Å². The number of nitrogens with zero attached hydrogens (tertiary/aromatic N) is 4. The molecule has 358 valence electrons. The number of carbonyl (C=O) groups excluding carboxylic acids is 5. The number of ether oxygens (including phenoxy) is 2. The van der Waals surface area contributed by atoms with Crippen molar-refractivity contribution >= 4 is 59.3 Å². The molecule has 3 aromatic carbocycles. The Kier molecular flexibility index (Phi) is 16.4. The van der Waals surface area contributed by atoms with E-state index in [0.717, 1.165) is 54.5 Å². The van der Waals surface area contributed by atoms with E-state index in [1.54, 1.807) is 14.7 Å². The average molecular weight is 933 g/mol. The molecule has 14 nitrogen and oxygen atoms in total. The highest BCUT2D eigenvalue weighted by molar-refractivity contribution is 6.99. The first-order valence-corrected chi connectivity index (χ1v) is 26.1. The molecule has 5 amide bonds. The molecule has 2 unspecified atom stereocenters. The zero-order chi connectivity index (χ0) is 47.6. The van der Waals surface area contributed by atoms with Crippen LogP contribution in [0.15, 0.2) is 84.9 Å².